The fourth-order valence-electron chi connectivity index (χ4n) is 6.07. The van der Waals surface area contributed by atoms with Crippen molar-refractivity contribution in [2.75, 3.05) is 0 Å². The van der Waals surface area contributed by atoms with Crippen molar-refractivity contribution in [1.29, 1.82) is 0 Å². The standard InChI is InChI=1S/3C15H13N3.Ru/c3*1-12-16-17-15(13-8-4-2-5-9-13)18(12)14-10-6-3-7-11-14;/h3*2-11H,1H3;/q;;;+3. The molecule has 3 aromatic heterocycles. The summed E-state index contributed by atoms with van der Waals surface area (Å²) in [5, 5.41) is 25.4. The van der Waals surface area contributed by atoms with Crippen LogP contribution in [0.4, 0.5) is 0 Å². The number of nitrogens with zero attached hydrogens (tertiary/aromatic N) is 9. The van der Waals surface area contributed by atoms with Crippen LogP contribution in [0, 0.1) is 20.8 Å². The van der Waals surface area contributed by atoms with Crippen LogP contribution in [0.15, 0.2) is 182 Å². The van der Waals surface area contributed by atoms with Crippen molar-refractivity contribution >= 4 is 0 Å². The molecule has 1 radical (unpaired) electrons. The van der Waals surface area contributed by atoms with Gasteiger partial charge in [-0.15, -0.1) is 30.6 Å². The number of hydrogen-bond acceptors (Lipinski definition) is 6. The van der Waals surface area contributed by atoms with Gasteiger partial charge < -0.3 is 0 Å². The van der Waals surface area contributed by atoms with E-state index in [-0.39, 0.29) is 19.5 Å². The average molecular weight is 807 g/mol. The largest absolute Gasteiger partial charge is 3.00 e. The zero-order valence-electron chi connectivity index (χ0n) is 30.7. The van der Waals surface area contributed by atoms with Gasteiger partial charge in [-0.3, -0.25) is 13.7 Å². The van der Waals surface area contributed by atoms with Crippen LogP contribution in [0.2, 0.25) is 0 Å². The van der Waals surface area contributed by atoms with Crippen molar-refractivity contribution in [1.82, 2.24) is 44.3 Å². The third-order valence-electron chi connectivity index (χ3n) is 8.61. The molecule has 0 bridgehead atoms. The molecular weight excluding hydrogens is 768 g/mol. The van der Waals surface area contributed by atoms with Gasteiger partial charge in [0.2, 0.25) is 0 Å². The maximum absolute atomic E-state index is 4.28. The van der Waals surface area contributed by atoms with E-state index >= 15 is 0 Å². The van der Waals surface area contributed by atoms with Crippen LogP contribution < -0.4 is 0 Å². The van der Waals surface area contributed by atoms with Gasteiger partial charge >= 0.3 is 19.5 Å². The molecule has 0 aliphatic heterocycles. The predicted molar refractivity (Wildman–Crippen MR) is 215 cm³/mol. The minimum atomic E-state index is 0. The van der Waals surface area contributed by atoms with E-state index in [2.05, 4.69) is 80.7 Å². The SMILES string of the molecule is Cc1nnc(-c2ccccc2)n1-c1ccccc1.Cc1nnc(-c2ccccc2)n1-c1ccccc1.Cc1nnc(-c2ccccc2)n1-c1ccccc1.[Ru+3]. The first kappa shape index (κ1) is 38.1. The molecule has 9 aromatic rings. The third kappa shape index (κ3) is 8.95. The van der Waals surface area contributed by atoms with E-state index in [1.165, 1.54) is 0 Å². The molecule has 10 heteroatoms. The Morgan fingerprint density at radius 2 is 0.473 bits per heavy atom. The summed E-state index contributed by atoms with van der Waals surface area (Å²) in [7, 11) is 0. The summed E-state index contributed by atoms with van der Waals surface area (Å²) >= 11 is 0. The Balaban J connectivity index is 0.000000139. The zero-order valence-corrected chi connectivity index (χ0v) is 32.4. The van der Waals surface area contributed by atoms with E-state index in [1.54, 1.807) is 0 Å². The predicted octanol–water partition coefficient (Wildman–Crippen LogP) is 9.73. The molecule has 6 aromatic carbocycles. The van der Waals surface area contributed by atoms with Crippen molar-refractivity contribution in [3.05, 3.63) is 199 Å². The molecule has 269 valence electrons. The topological polar surface area (TPSA) is 92.1 Å². The Kier molecular flexibility index (Phi) is 12.8. The molecule has 9 nitrogen and oxygen atoms in total. The second-order valence-corrected chi connectivity index (χ2v) is 12.3. The first-order chi connectivity index (χ1) is 26.6. The van der Waals surface area contributed by atoms with Crippen LogP contribution in [0.1, 0.15) is 17.5 Å². The number of para-hydroxylation sites is 3. The van der Waals surface area contributed by atoms with Crippen molar-refractivity contribution in [2.24, 2.45) is 0 Å². The Morgan fingerprint density at radius 3 is 0.691 bits per heavy atom. The molecule has 0 N–H and O–H groups in total. The maximum atomic E-state index is 4.28. The van der Waals surface area contributed by atoms with E-state index in [1.807, 2.05) is 166 Å². The monoisotopic (exact) mass is 807 g/mol. The molecule has 0 spiro atoms. The van der Waals surface area contributed by atoms with E-state index < -0.39 is 0 Å². The smallest absolute Gasteiger partial charge is 0.279 e. The number of hydrogen-bond donors (Lipinski definition) is 0. The van der Waals surface area contributed by atoms with Gasteiger partial charge in [0.05, 0.1) is 0 Å². The number of benzene rings is 6. The van der Waals surface area contributed by atoms with Crippen LogP contribution in [0.5, 0.6) is 0 Å². The van der Waals surface area contributed by atoms with Crippen LogP contribution in [0.25, 0.3) is 51.2 Å². The van der Waals surface area contributed by atoms with Crippen LogP contribution in [-0.4, -0.2) is 44.3 Å². The molecule has 3 heterocycles. The van der Waals surface area contributed by atoms with Crippen LogP contribution in [-0.2, 0) is 19.5 Å². The van der Waals surface area contributed by atoms with Crippen LogP contribution >= 0.6 is 0 Å². The van der Waals surface area contributed by atoms with Crippen molar-refractivity contribution in [2.45, 2.75) is 20.8 Å². The van der Waals surface area contributed by atoms with Gasteiger partial charge in [0.15, 0.2) is 17.5 Å². The van der Waals surface area contributed by atoms with Gasteiger partial charge in [0.1, 0.15) is 17.5 Å². The van der Waals surface area contributed by atoms with E-state index in [0.29, 0.717) is 0 Å². The fourth-order valence-corrected chi connectivity index (χ4v) is 6.07. The minimum absolute atomic E-state index is 0. The average Bonchev–Trinajstić information content (AvgIpc) is 3.96. The van der Waals surface area contributed by atoms with E-state index in [4.69, 9.17) is 0 Å². The fraction of sp³-hybridized carbons (Fsp3) is 0.0667. The van der Waals surface area contributed by atoms with Gasteiger partial charge in [0.25, 0.3) is 0 Å². The number of aromatic nitrogens is 9. The molecule has 0 fully saturated rings. The second-order valence-electron chi connectivity index (χ2n) is 12.3. The Hall–Kier alpha value is -6.64. The summed E-state index contributed by atoms with van der Waals surface area (Å²) < 4.78 is 6.19. The summed E-state index contributed by atoms with van der Waals surface area (Å²) in [6, 6.07) is 60.8. The Labute approximate surface area is 333 Å². The summed E-state index contributed by atoms with van der Waals surface area (Å²) in [5.41, 5.74) is 6.46. The summed E-state index contributed by atoms with van der Waals surface area (Å²) in [6.07, 6.45) is 0. The zero-order chi connectivity index (χ0) is 37.1. The van der Waals surface area contributed by atoms with Crippen molar-refractivity contribution in [3.8, 4) is 51.2 Å². The second kappa shape index (κ2) is 18.4. The third-order valence-corrected chi connectivity index (χ3v) is 8.61. The normalized spacial score (nSPS) is 10.3. The van der Waals surface area contributed by atoms with E-state index in [9.17, 15) is 0 Å². The molecule has 0 atom stereocenters. The molecule has 9 rings (SSSR count). The Bertz CT molecular complexity index is 2220. The van der Waals surface area contributed by atoms with Crippen molar-refractivity contribution < 1.29 is 19.5 Å². The number of aryl methyl sites for hydroxylation is 3. The van der Waals surface area contributed by atoms with Gasteiger partial charge in [-0.05, 0) is 57.2 Å². The van der Waals surface area contributed by atoms with Gasteiger partial charge in [-0.2, -0.15) is 0 Å². The molecule has 0 saturated carbocycles. The molecule has 0 saturated heterocycles. The minimum Gasteiger partial charge on any atom is -0.279 e. The molecule has 0 aliphatic rings. The maximum Gasteiger partial charge on any atom is 3.00 e. The summed E-state index contributed by atoms with van der Waals surface area (Å²) in [6.45, 7) is 5.89. The summed E-state index contributed by atoms with van der Waals surface area (Å²) in [5.74, 6) is 5.29. The summed E-state index contributed by atoms with van der Waals surface area (Å²) in [4.78, 5) is 0. The first-order valence-corrected chi connectivity index (χ1v) is 17.7. The first-order valence-electron chi connectivity index (χ1n) is 17.7. The van der Waals surface area contributed by atoms with E-state index in [0.717, 1.165) is 68.7 Å². The van der Waals surface area contributed by atoms with Gasteiger partial charge in [0, 0.05) is 33.8 Å². The molecular formula is C45H39N9Ru+3. The molecule has 55 heavy (non-hydrogen) atoms. The quantitative estimate of drug-likeness (QED) is 0.156. The van der Waals surface area contributed by atoms with Crippen molar-refractivity contribution in [3.63, 3.8) is 0 Å². The molecule has 0 aliphatic carbocycles. The Morgan fingerprint density at radius 1 is 0.273 bits per heavy atom. The van der Waals surface area contributed by atoms with Gasteiger partial charge in [-0.1, -0.05) is 146 Å². The van der Waals surface area contributed by atoms with Gasteiger partial charge in [-0.25, -0.2) is 0 Å². The molecule has 0 unspecified atom stereocenters. The molecule has 0 amide bonds. The number of rotatable bonds is 6. The van der Waals surface area contributed by atoms with Crippen LogP contribution in [0.3, 0.4) is 0 Å².